The van der Waals surface area contributed by atoms with Gasteiger partial charge in [0, 0.05) is 17.6 Å². The Bertz CT molecular complexity index is 1360. The molecule has 0 fully saturated rings. The number of benzene rings is 3. The van der Waals surface area contributed by atoms with Crippen molar-refractivity contribution in [1.82, 2.24) is 9.88 Å². The molecule has 6 nitrogen and oxygen atoms in total. The molecule has 0 aliphatic rings. The molecule has 0 radical (unpaired) electrons. The van der Waals surface area contributed by atoms with E-state index in [1.807, 2.05) is 49.4 Å². The van der Waals surface area contributed by atoms with Gasteiger partial charge in [-0.05, 0) is 49.4 Å². The highest BCUT2D eigenvalue weighted by molar-refractivity contribution is 8.00. The fraction of sp³-hybridized carbons (Fsp3) is 0.154. The lowest BCUT2D eigenvalue weighted by Gasteiger charge is -2.24. The molecule has 0 unspecified atom stereocenters. The Balaban J connectivity index is 1.44. The minimum atomic E-state index is -0.210. The van der Waals surface area contributed by atoms with Crippen molar-refractivity contribution in [1.29, 1.82) is 5.26 Å². The number of thiazole rings is 1. The molecule has 1 heterocycles. The summed E-state index contributed by atoms with van der Waals surface area (Å²) in [4.78, 5) is 32.9. The van der Waals surface area contributed by atoms with Crippen molar-refractivity contribution in [2.45, 2.75) is 17.9 Å². The molecule has 4 aromatic rings. The average Bonchev–Trinajstić information content (AvgIpc) is 3.31. The van der Waals surface area contributed by atoms with E-state index in [0.29, 0.717) is 16.8 Å². The Hall–Kier alpha value is -3.67. The summed E-state index contributed by atoms with van der Waals surface area (Å²) in [5.74, 6) is -0.200. The summed E-state index contributed by atoms with van der Waals surface area (Å²) in [5, 5.41) is 12.7. The van der Waals surface area contributed by atoms with E-state index < -0.39 is 0 Å². The molecule has 1 N–H and O–H groups in total. The number of carbonyl (C=O) groups excluding carboxylic acids is 2. The van der Waals surface area contributed by atoms with Crippen molar-refractivity contribution in [3.05, 3.63) is 88.9 Å². The van der Waals surface area contributed by atoms with Gasteiger partial charge in [-0.2, -0.15) is 5.26 Å². The number of amides is 2. The maximum Gasteiger partial charge on any atom is 0.255 e. The Morgan fingerprint density at radius 1 is 1.12 bits per heavy atom. The molecule has 1 aromatic heterocycles. The normalized spacial score (nSPS) is 11.6. The summed E-state index contributed by atoms with van der Waals surface area (Å²) in [7, 11) is 1.77. The van der Waals surface area contributed by atoms with Gasteiger partial charge < -0.3 is 10.2 Å². The third-order valence-corrected chi connectivity index (χ3v) is 7.60. The van der Waals surface area contributed by atoms with Gasteiger partial charge >= 0.3 is 0 Å². The third-order valence-electron chi connectivity index (χ3n) is 5.32. The van der Waals surface area contributed by atoms with Crippen molar-refractivity contribution in [3.63, 3.8) is 0 Å². The van der Waals surface area contributed by atoms with E-state index in [-0.39, 0.29) is 23.6 Å². The topological polar surface area (TPSA) is 86.1 Å². The molecule has 8 heteroatoms. The second-order valence-electron chi connectivity index (χ2n) is 7.64. The molecule has 3 aromatic carbocycles. The number of nitrogens with one attached hydrogen (secondary N) is 1. The lowest BCUT2D eigenvalue weighted by atomic mass is 10.2. The molecule has 170 valence electrons. The maximum atomic E-state index is 13.4. The highest BCUT2D eigenvalue weighted by atomic mass is 32.2. The fourth-order valence-corrected chi connectivity index (χ4v) is 5.28. The summed E-state index contributed by atoms with van der Waals surface area (Å²) < 4.78 is 1.09. The van der Waals surface area contributed by atoms with Crippen LogP contribution in [0.25, 0.3) is 10.2 Å². The summed E-state index contributed by atoms with van der Waals surface area (Å²) in [5.41, 5.74) is 2.52. The zero-order valence-corrected chi connectivity index (χ0v) is 20.3. The van der Waals surface area contributed by atoms with Crippen LogP contribution in [0, 0.1) is 11.3 Å². The number of hydrogen-bond donors (Lipinski definition) is 1. The molecule has 0 bridgehead atoms. The van der Waals surface area contributed by atoms with Gasteiger partial charge in [0.15, 0.2) is 0 Å². The number of thioether (sulfide) groups is 1. The van der Waals surface area contributed by atoms with Crippen molar-refractivity contribution >= 4 is 50.8 Å². The first-order valence-corrected chi connectivity index (χ1v) is 12.4. The lowest BCUT2D eigenvalue weighted by molar-refractivity contribution is -0.113. The minimum absolute atomic E-state index is 0.128. The van der Waals surface area contributed by atoms with Crippen LogP contribution in [-0.2, 0) is 4.79 Å². The first kappa shape index (κ1) is 23.5. The number of nitriles is 1. The minimum Gasteiger partial charge on any atom is -0.332 e. The lowest BCUT2D eigenvalue weighted by Crippen LogP contribution is -2.30. The zero-order valence-electron chi connectivity index (χ0n) is 18.7. The summed E-state index contributed by atoms with van der Waals surface area (Å²) in [6, 6.07) is 23.8. The van der Waals surface area contributed by atoms with Crippen molar-refractivity contribution < 1.29 is 9.59 Å². The molecule has 0 saturated heterocycles. The Kier molecular flexibility index (Phi) is 7.26. The number of anilines is 1. The van der Waals surface area contributed by atoms with Crippen molar-refractivity contribution in [3.8, 4) is 6.07 Å². The van der Waals surface area contributed by atoms with Gasteiger partial charge in [0.2, 0.25) is 5.91 Å². The SMILES string of the molecule is C[C@H](c1nc2ccccc2s1)N(C)C(=O)c1ccccc1SCC(=O)Nc1cccc(C#N)c1. The molecular weight excluding hydrogens is 464 g/mol. The number of para-hydroxylation sites is 1. The van der Waals surface area contributed by atoms with E-state index in [1.54, 1.807) is 53.6 Å². The van der Waals surface area contributed by atoms with E-state index in [4.69, 9.17) is 10.2 Å². The van der Waals surface area contributed by atoms with E-state index in [2.05, 4.69) is 11.4 Å². The number of aromatic nitrogens is 1. The van der Waals surface area contributed by atoms with Gasteiger partial charge in [0.1, 0.15) is 5.01 Å². The molecule has 0 saturated carbocycles. The highest BCUT2D eigenvalue weighted by Gasteiger charge is 2.24. The van der Waals surface area contributed by atoms with Gasteiger partial charge in [-0.1, -0.05) is 30.3 Å². The van der Waals surface area contributed by atoms with E-state index in [9.17, 15) is 9.59 Å². The summed E-state index contributed by atoms with van der Waals surface area (Å²) in [6.07, 6.45) is 0. The molecule has 0 aliphatic heterocycles. The van der Waals surface area contributed by atoms with Crippen LogP contribution >= 0.6 is 23.1 Å². The van der Waals surface area contributed by atoms with Crippen LogP contribution in [0.4, 0.5) is 5.69 Å². The standard InChI is InChI=1S/C26H22N4O2S2/c1-17(25-29-21-11-4-6-13-23(21)34-25)30(2)26(32)20-10-3-5-12-22(20)33-16-24(31)28-19-9-7-8-18(14-19)15-27/h3-14,17H,16H2,1-2H3,(H,28,31)/t17-/m1/s1. The van der Waals surface area contributed by atoms with Crippen LogP contribution in [0.2, 0.25) is 0 Å². The molecule has 34 heavy (non-hydrogen) atoms. The zero-order chi connectivity index (χ0) is 24.1. The fourth-order valence-electron chi connectivity index (χ4n) is 3.38. The van der Waals surface area contributed by atoms with Crippen LogP contribution in [-0.4, -0.2) is 34.5 Å². The third kappa shape index (κ3) is 5.28. The molecule has 4 rings (SSSR count). The van der Waals surface area contributed by atoms with Crippen LogP contribution in [0.15, 0.2) is 77.7 Å². The average molecular weight is 487 g/mol. The van der Waals surface area contributed by atoms with Gasteiger partial charge in [-0.25, -0.2) is 4.98 Å². The van der Waals surface area contributed by atoms with Gasteiger partial charge in [0.05, 0.1) is 39.2 Å². The predicted molar refractivity (Wildman–Crippen MR) is 137 cm³/mol. The van der Waals surface area contributed by atoms with Crippen LogP contribution in [0.5, 0.6) is 0 Å². The predicted octanol–water partition coefficient (Wildman–Crippen LogP) is 5.73. The Labute approximate surface area is 206 Å². The van der Waals surface area contributed by atoms with Gasteiger partial charge in [0.25, 0.3) is 5.91 Å². The first-order chi connectivity index (χ1) is 16.5. The van der Waals surface area contributed by atoms with E-state index in [0.717, 1.165) is 20.1 Å². The van der Waals surface area contributed by atoms with Crippen molar-refractivity contribution in [2.75, 3.05) is 18.1 Å². The summed E-state index contributed by atoms with van der Waals surface area (Å²) >= 11 is 2.89. The monoisotopic (exact) mass is 486 g/mol. The smallest absolute Gasteiger partial charge is 0.255 e. The molecular formula is C26H22N4O2S2. The Morgan fingerprint density at radius 3 is 2.68 bits per heavy atom. The highest BCUT2D eigenvalue weighted by Crippen LogP contribution is 2.31. The number of carbonyl (C=O) groups is 2. The van der Waals surface area contributed by atoms with Gasteiger partial charge in [-0.15, -0.1) is 23.1 Å². The van der Waals surface area contributed by atoms with E-state index in [1.165, 1.54) is 11.8 Å². The number of nitrogens with zero attached hydrogens (tertiary/aromatic N) is 3. The second kappa shape index (κ2) is 10.5. The second-order valence-corrected chi connectivity index (χ2v) is 9.72. The molecule has 0 spiro atoms. The van der Waals surface area contributed by atoms with Crippen LogP contribution in [0.3, 0.4) is 0 Å². The van der Waals surface area contributed by atoms with E-state index >= 15 is 0 Å². The first-order valence-electron chi connectivity index (χ1n) is 10.6. The number of rotatable bonds is 7. The quantitative estimate of drug-likeness (QED) is 0.337. The van der Waals surface area contributed by atoms with Crippen LogP contribution in [0.1, 0.15) is 33.9 Å². The molecule has 0 aliphatic carbocycles. The Morgan fingerprint density at radius 2 is 1.88 bits per heavy atom. The largest absolute Gasteiger partial charge is 0.332 e. The maximum absolute atomic E-state index is 13.4. The molecule has 1 atom stereocenters. The van der Waals surface area contributed by atoms with Crippen molar-refractivity contribution in [2.24, 2.45) is 0 Å². The van der Waals surface area contributed by atoms with Crippen LogP contribution < -0.4 is 5.32 Å². The van der Waals surface area contributed by atoms with Gasteiger partial charge in [-0.3, -0.25) is 9.59 Å². The number of fused-ring (bicyclic) bond motifs is 1. The summed E-state index contributed by atoms with van der Waals surface area (Å²) in [6.45, 7) is 1.97. The molecule has 2 amide bonds. The number of hydrogen-bond acceptors (Lipinski definition) is 6.